The predicted molar refractivity (Wildman–Crippen MR) is 71.8 cm³/mol. The number of nitrogens with one attached hydrogen (secondary N) is 2. The molecule has 0 fully saturated rings. The lowest BCUT2D eigenvalue weighted by molar-refractivity contribution is 0.262. The Hall–Kier alpha value is -2.30. The molecule has 2 rings (SSSR count). The summed E-state index contributed by atoms with van der Waals surface area (Å²) in [6.45, 7) is 3.95. The number of hydrogen-bond donors (Lipinski definition) is 2. The van der Waals surface area contributed by atoms with Crippen LogP contribution in [0.5, 0.6) is 0 Å². The first kappa shape index (κ1) is 12.2. The van der Waals surface area contributed by atoms with Crippen molar-refractivity contribution in [3.63, 3.8) is 0 Å². The van der Waals surface area contributed by atoms with Crippen LogP contribution in [0.1, 0.15) is 11.1 Å². The molecule has 2 amide bonds. The minimum atomic E-state index is -0.271. The number of anilines is 2. The van der Waals surface area contributed by atoms with Crippen molar-refractivity contribution >= 4 is 17.5 Å². The van der Waals surface area contributed by atoms with Gasteiger partial charge in [0.2, 0.25) is 0 Å². The fourth-order valence-corrected chi connectivity index (χ4v) is 1.64. The lowest BCUT2D eigenvalue weighted by Gasteiger charge is -2.10. The third-order valence-corrected chi connectivity index (χ3v) is 2.70. The fourth-order valence-electron chi connectivity index (χ4n) is 1.64. The maximum atomic E-state index is 11.8. The van der Waals surface area contributed by atoms with E-state index in [0.29, 0.717) is 5.82 Å². The van der Waals surface area contributed by atoms with E-state index in [-0.39, 0.29) is 6.03 Å². The highest BCUT2D eigenvalue weighted by Crippen LogP contribution is 2.16. The van der Waals surface area contributed by atoms with Gasteiger partial charge in [-0.2, -0.15) is 5.10 Å². The standard InChI is InChI=1S/C13H16N4O/c1-9-4-5-10(2)11(8-9)15-13(18)16-12-6-7-14-17(12)3/h4-8H,1-3H3,(H2,15,16,18). The second-order valence-electron chi connectivity index (χ2n) is 4.24. The molecule has 0 unspecified atom stereocenters. The van der Waals surface area contributed by atoms with Gasteiger partial charge in [-0.05, 0) is 31.0 Å². The second kappa shape index (κ2) is 4.91. The summed E-state index contributed by atoms with van der Waals surface area (Å²) in [5.74, 6) is 0.651. The maximum absolute atomic E-state index is 11.8. The van der Waals surface area contributed by atoms with E-state index < -0.39 is 0 Å². The van der Waals surface area contributed by atoms with E-state index in [4.69, 9.17) is 0 Å². The molecule has 0 aliphatic rings. The van der Waals surface area contributed by atoms with Crippen molar-refractivity contribution in [2.75, 3.05) is 10.6 Å². The molecule has 2 N–H and O–H groups in total. The SMILES string of the molecule is Cc1ccc(C)c(NC(=O)Nc2ccnn2C)c1. The summed E-state index contributed by atoms with van der Waals surface area (Å²) in [4.78, 5) is 11.8. The average molecular weight is 244 g/mol. The molecule has 0 radical (unpaired) electrons. The van der Waals surface area contributed by atoms with E-state index in [1.165, 1.54) is 0 Å². The number of amides is 2. The molecule has 2 aromatic rings. The third kappa shape index (κ3) is 2.68. The summed E-state index contributed by atoms with van der Waals surface area (Å²) in [6.07, 6.45) is 1.63. The van der Waals surface area contributed by atoms with Crippen LogP contribution in [-0.2, 0) is 7.05 Å². The van der Waals surface area contributed by atoms with Gasteiger partial charge < -0.3 is 5.32 Å². The molecule has 0 spiro atoms. The van der Waals surface area contributed by atoms with Crippen molar-refractivity contribution in [2.45, 2.75) is 13.8 Å². The van der Waals surface area contributed by atoms with Crippen LogP contribution in [0.4, 0.5) is 16.3 Å². The minimum Gasteiger partial charge on any atom is -0.307 e. The summed E-state index contributed by atoms with van der Waals surface area (Å²) in [5.41, 5.74) is 2.95. The van der Waals surface area contributed by atoms with Crippen molar-refractivity contribution in [1.82, 2.24) is 9.78 Å². The molecule has 0 bridgehead atoms. The van der Waals surface area contributed by atoms with Gasteiger partial charge in [-0.1, -0.05) is 12.1 Å². The smallest absolute Gasteiger partial charge is 0.307 e. The molecule has 0 saturated heterocycles. The lowest BCUT2D eigenvalue weighted by atomic mass is 10.1. The number of hydrogen-bond acceptors (Lipinski definition) is 2. The number of rotatable bonds is 2. The van der Waals surface area contributed by atoms with Gasteiger partial charge >= 0.3 is 6.03 Å². The molecular weight excluding hydrogens is 228 g/mol. The molecule has 1 aromatic carbocycles. The van der Waals surface area contributed by atoms with Gasteiger partial charge in [0.1, 0.15) is 5.82 Å². The van der Waals surface area contributed by atoms with Crippen molar-refractivity contribution in [1.29, 1.82) is 0 Å². The van der Waals surface area contributed by atoms with Crippen LogP contribution in [-0.4, -0.2) is 15.8 Å². The Morgan fingerprint density at radius 3 is 2.67 bits per heavy atom. The van der Waals surface area contributed by atoms with E-state index in [1.807, 2.05) is 32.0 Å². The Bertz CT molecular complexity index is 574. The Morgan fingerprint density at radius 2 is 2.00 bits per heavy atom. The average Bonchev–Trinajstić information content (AvgIpc) is 2.70. The zero-order chi connectivity index (χ0) is 13.1. The molecule has 0 atom stereocenters. The predicted octanol–water partition coefficient (Wildman–Crippen LogP) is 2.68. The van der Waals surface area contributed by atoms with E-state index in [2.05, 4.69) is 15.7 Å². The van der Waals surface area contributed by atoms with Crippen LogP contribution in [0.15, 0.2) is 30.5 Å². The van der Waals surface area contributed by atoms with Gasteiger partial charge in [-0.3, -0.25) is 10.00 Å². The zero-order valence-corrected chi connectivity index (χ0v) is 10.7. The van der Waals surface area contributed by atoms with Gasteiger partial charge in [0.15, 0.2) is 0 Å². The third-order valence-electron chi connectivity index (χ3n) is 2.70. The summed E-state index contributed by atoms with van der Waals surface area (Å²) in [5, 5.41) is 9.54. The highest BCUT2D eigenvalue weighted by Gasteiger charge is 2.06. The van der Waals surface area contributed by atoms with Crippen LogP contribution >= 0.6 is 0 Å². The fraction of sp³-hybridized carbons (Fsp3) is 0.231. The van der Waals surface area contributed by atoms with Gasteiger partial charge in [0.25, 0.3) is 0 Å². The van der Waals surface area contributed by atoms with Crippen LogP contribution in [0.3, 0.4) is 0 Å². The largest absolute Gasteiger partial charge is 0.324 e. The molecule has 0 saturated carbocycles. The first-order valence-corrected chi connectivity index (χ1v) is 5.69. The Balaban J connectivity index is 2.08. The van der Waals surface area contributed by atoms with Gasteiger partial charge in [-0.15, -0.1) is 0 Å². The summed E-state index contributed by atoms with van der Waals surface area (Å²) in [6, 6.07) is 7.40. The van der Waals surface area contributed by atoms with E-state index in [1.54, 1.807) is 24.0 Å². The number of carbonyl (C=O) groups is 1. The number of aryl methyl sites for hydroxylation is 3. The molecule has 94 valence electrons. The van der Waals surface area contributed by atoms with E-state index in [0.717, 1.165) is 16.8 Å². The molecular formula is C13H16N4O. The molecule has 5 nitrogen and oxygen atoms in total. The Morgan fingerprint density at radius 1 is 1.22 bits per heavy atom. The van der Waals surface area contributed by atoms with E-state index >= 15 is 0 Å². The van der Waals surface area contributed by atoms with Crippen molar-refractivity contribution < 1.29 is 4.79 Å². The first-order chi connectivity index (χ1) is 8.56. The molecule has 0 aliphatic carbocycles. The number of nitrogens with zero attached hydrogens (tertiary/aromatic N) is 2. The summed E-state index contributed by atoms with van der Waals surface area (Å²) < 4.78 is 1.60. The van der Waals surface area contributed by atoms with Gasteiger partial charge in [0, 0.05) is 18.8 Å². The van der Waals surface area contributed by atoms with Crippen LogP contribution in [0.25, 0.3) is 0 Å². The minimum absolute atomic E-state index is 0.271. The summed E-state index contributed by atoms with van der Waals surface area (Å²) in [7, 11) is 1.77. The van der Waals surface area contributed by atoms with Gasteiger partial charge in [-0.25, -0.2) is 4.79 Å². The molecule has 0 aliphatic heterocycles. The van der Waals surface area contributed by atoms with E-state index in [9.17, 15) is 4.79 Å². The van der Waals surface area contributed by atoms with Gasteiger partial charge in [0.05, 0.1) is 6.20 Å². The van der Waals surface area contributed by atoms with Crippen molar-refractivity contribution in [3.8, 4) is 0 Å². The molecule has 5 heteroatoms. The van der Waals surface area contributed by atoms with Crippen LogP contribution in [0, 0.1) is 13.8 Å². The van der Waals surface area contributed by atoms with Crippen LogP contribution < -0.4 is 10.6 Å². The number of aromatic nitrogens is 2. The van der Waals surface area contributed by atoms with Crippen molar-refractivity contribution in [3.05, 3.63) is 41.6 Å². The first-order valence-electron chi connectivity index (χ1n) is 5.69. The Kier molecular flexibility index (Phi) is 3.32. The number of urea groups is 1. The normalized spacial score (nSPS) is 10.2. The zero-order valence-electron chi connectivity index (χ0n) is 10.7. The maximum Gasteiger partial charge on any atom is 0.324 e. The highest BCUT2D eigenvalue weighted by atomic mass is 16.2. The van der Waals surface area contributed by atoms with Crippen molar-refractivity contribution in [2.24, 2.45) is 7.05 Å². The quantitative estimate of drug-likeness (QED) is 0.853. The second-order valence-corrected chi connectivity index (χ2v) is 4.24. The highest BCUT2D eigenvalue weighted by molar-refractivity contribution is 5.99. The molecule has 1 heterocycles. The monoisotopic (exact) mass is 244 g/mol. The van der Waals surface area contributed by atoms with Crippen LogP contribution in [0.2, 0.25) is 0 Å². The molecule has 1 aromatic heterocycles. The number of benzene rings is 1. The topological polar surface area (TPSA) is 59.0 Å². The lowest BCUT2D eigenvalue weighted by Crippen LogP contribution is -2.21. The number of carbonyl (C=O) groups excluding carboxylic acids is 1. The molecule has 18 heavy (non-hydrogen) atoms. The summed E-state index contributed by atoms with van der Waals surface area (Å²) >= 11 is 0. The Labute approximate surface area is 106 Å².